The van der Waals surface area contributed by atoms with Gasteiger partial charge in [0.15, 0.2) is 0 Å². The second-order valence-electron chi connectivity index (χ2n) is 7.94. The zero-order chi connectivity index (χ0) is 25.0. The van der Waals surface area contributed by atoms with Crippen molar-refractivity contribution in [2.75, 3.05) is 25.9 Å². The number of sulfonamides is 1. The first-order chi connectivity index (χ1) is 16.8. The van der Waals surface area contributed by atoms with Crippen LogP contribution >= 0.6 is 23.1 Å². The Morgan fingerprint density at radius 1 is 1.20 bits per heavy atom. The Hall–Kier alpha value is -2.80. The minimum Gasteiger partial charge on any atom is -0.342 e. The van der Waals surface area contributed by atoms with Crippen LogP contribution in [-0.4, -0.2) is 55.0 Å². The van der Waals surface area contributed by atoms with E-state index >= 15 is 0 Å². The largest absolute Gasteiger partial charge is 0.342 e. The Morgan fingerprint density at radius 3 is 2.60 bits per heavy atom. The van der Waals surface area contributed by atoms with Crippen LogP contribution in [0.2, 0.25) is 0 Å². The van der Waals surface area contributed by atoms with Crippen molar-refractivity contribution in [3.63, 3.8) is 0 Å². The van der Waals surface area contributed by atoms with Crippen molar-refractivity contribution in [3.8, 4) is 11.3 Å². The fraction of sp³-hybridized carbons (Fsp3) is 0.304. The number of nitrogens with zero attached hydrogens (tertiary/aromatic N) is 3. The molecule has 35 heavy (non-hydrogen) atoms. The highest BCUT2D eigenvalue weighted by Gasteiger charge is 2.27. The topological polar surface area (TPSA) is 123 Å². The summed E-state index contributed by atoms with van der Waals surface area (Å²) in [5, 5.41) is 14.1. The van der Waals surface area contributed by atoms with Gasteiger partial charge in [-0.3, -0.25) is 14.9 Å². The lowest BCUT2D eigenvalue weighted by Gasteiger charge is -2.31. The van der Waals surface area contributed by atoms with Crippen LogP contribution in [0.15, 0.2) is 63.7 Å². The molecular formula is C23H24N4O5S3. The highest BCUT2D eigenvalue weighted by Crippen LogP contribution is 2.36. The number of likely N-dealkylation sites (tertiary alicyclic amines) is 1. The molecule has 1 aliphatic rings. The van der Waals surface area contributed by atoms with Gasteiger partial charge in [0.1, 0.15) is 0 Å². The fourth-order valence-corrected chi connectivity index (χ4v) is 7.11. The van der Waals surface area contributed by atoms with Crippen LogP contribution in [0.1, 0.15) is 23.8 Å². The van der Waals surface area contributed by atoms with E-state index in [4.69, 9.17) is 0 Å². The van der Waals surface area contributed by atoms with Gasteiger partial charge in [-0.25, -0.2) is 18.1 Å². The number of thiazole rings is 1. The number of para-hydroxylation sites is 1. The molecule has 9 nitrogen and oxygen atoms in total. The average molecular weight is 533 g/mol. The zero-order valence-electron chi connectivity index (χ0n) is 18.9. The predicted octanol–water partition coefficient (Wildman–Crippen LogP) is 4.12. The first kappa shape index (κ1) is 25.3. The van der Waals surface area contributed by atoms with Crippen molar-refractivity contribution in [2.24, 2.45) is 0 Å². The maximum absolute atomic E-state index is 12.8. The molecule has 0 aliphatic carbocycles. The van der Waals surface area contributed by atoms with E-state index in [1.54, 1.807) is 41.3 Å². The summed E-state index contributed by atoms with van der Waals surface area (Å²) in [5.41, 5.74) is 1.14. The number of carbonyl (C=O) groups is 1. The molecule has 1 N–H and O–H groups in total. The van der Waals surface area contributed by atoms with Gasteiger partial charge >= 0.3 is 0 Å². The lowest BCUT2D eigenvalue weighted by atomic mass is 9.97. The van der Waals surface area contributed by atoms with Gasteiger partial charge in [-0.1, -0.05) is 24.3 Å². The van der Waals surface area contributed by atoms with Crippen molar-refractivity contribution in [3.05, 3.63) is 69.0 Å². The second kappa shape index (κ2) is 10.9. The van der Waals surface area contributed by atoms with E-state index in [0.29, 0.717) is 29.2 Å². The Bertz CT molecular complexity index is 1330. The Morgan fingerprint density at radius 2 is 1.89 bits per heavy atom. The Labute approximate surface area is 211 Å². The Kier molecular flexibility index (Phi) is 7.85. The molecule has 0 unspecified atom stereocenters. The van der Waals surface area contributed by atoms with Crippen LogP contribution in [0.25, 0.3) is 11.3 Å². The third-order valence-electron chi connectivity index (χ3n) is 5.85. The van der Waals surface area contributed by atoms with E-state index in [1.807, 2.05) is 5.38 Å². The summed E-state index contributed by atoms with van der Waals surface area (Å²) in [6.07, 6.45) is 1.51. The predicted molar refractivity (Wildman–Crippen MR) is 136 cm³/mol. The number of hydrogen-bond donors (Lipinski definition) is 1. The van der Waals surface area contributed by atoms with Gasteiger partial charge in [-0.15, -0.1) is 23.1 Å². The van der Waals surface area contributed by atoms with Gasteiger partial charge in [0.05, 0.1) is 31.8 Å². The van der Waals surface area contributed by atoms with E-state index in [-0.39, 0.29) is 28.2 Å². The SMILES string of the molecule is CNS(=O)(=O)c1ccccc1SCC(=O)N1CCC(c2nc(-c3ccccc3[N+](=O)[O-])cs2)CC1. The smallest absolute Gasteiger partial charge is 0.278 e. The van der Waals surface area contributed by atoms with E-state index < -0.39 is 14.9 Å². The van der Waals surface area contributed by atoms with Crippen LogP contribution in [0.4, 0.5) is 5.69 Å². The molecule has 0 radical (unpaired) electrons. The summed E-state index contributed by atoms with van der Waals surface area (Å²) in [5.74, 6) is 0.305. The van der Waals surface area contributed by atoms with Crippen LogP contribution in [0.5, 0.6) is 0 Å². The van der Waals surface area contributed by atoms with Crippen molar-refractivity contribution in [1.29, 1.82) is 0 Å². The molecular weight excluding hydrogens is 508 g/mol. The first-order valence-corrected chi connectivity index (χ1v) is 14.3. The number of amides is 1. The van der Waals surface area contributed by atoms with E-state index in [1.165, 1.54) is 42.3 Å². The standard InChI is InChI=1S/C23H24N4O5S3/c1-24-35(31,32)21-9-5-4-8-20(21)33-15-22(28)26-12-10-16(11-13-26)23-25-18(14-34-23)17-6-2-3-7-19(17)27(29)30/h2-9,14,16,24H,10-13,15H2,1H3. The van der Waals surface area contributed by atoms with Crippen LogP contribution in [0, 0.1) is 10.1 Å². The van der Waals surface area contributed by atoms with E-state index in [9.17, 15) is 23.3 Å². The molecule has 1 aromatic heterocycles. The van der Waals surface area contributed by atoms with Gasteiger partial charge in [-0.05, 0) is 38.1 Å². The molecule has 184 valence electrons. The molecule has 1 fully saturated rings. The fourth-order valence-electron chi connectivity index (χ4n) is 3.96. The van der Waals surface area contributed by atoms with Crippen molar-refractivity contribution < 1.29 is 18.1 Å². The number of carbonyl (C=O) groups excluding carboxylic acids is 1. The van der Waals surface area contributed by atoms with Gasteiger partial charge < -0.3 is 4.90 Å². The zero-order valence-corrected chi connectivity index (χ0v) is 21.4. The van der Waals surface area contributed by atoms with Crippen LogP contribution < -0.4 is 4.72 Å². The molecule has 3 aromatic rings. The quantitative estimate of drug-likeness (QED) is 0.263. The average Bonchev–Trinajstić information content (AvgIpc) is 3.38. The van der Waals surface area contributed by atoms with Crippen molar-refractivity contribution in [2.45, 2.75) is 28.6 Å². The van der Waals surface area contributed by atoms with E-state index in [2.05, 4.69) is 9.71 Å². The maximum atomic E-state index is 12.8. The third kappa shape index (κ3) is 5.72. The lowest BCUT2D eigenvalue weighted by Crippen LogP contribution is -2.38. The highest BCUT2D eigenvalue weighted by atomic mass is 32.2. The molecule has 1 aliphatic heterocycles. The highest BCUT2D eigenvalue weighted by molar-refractivity contribution is 8.00. The molecule has 0 saturated carbocycles. The summed E-state index contributed by atoms with van der Waals surface area (Å²) in [6, 6.07) is 13.2. The molecule has 0 atom stereocenters. The Balaban J connectivity index is 1.36. The van der Waals surface area contributed by atoms with Gasteiger partial charge in [0.2, 0.25) is 15.9 Å². The number of rotatable bonds is 8. The number of nitrogens with one attached hydrogen (secondary N) is 1. The summed E-state index contributed by atoms with van der Waals surface area (Å²) in [6.45, 7) is 1.17. The van der Waals surface area contributed by atoms with Gasteiger partial charge in [0, 0.05) is 35.3 Å². The summed E-state index contributed by atoms with van der Waals surface area (Å²) < 4.78 is 26.8. The van der Waals surface area contributed by atoms with Gasteiger partial charge in [0.25, 0.3) is 5.69 Å². The molecule has 1 saturated heterocycles. The van der Waals surface area contributed by atoms with Crippen LogP contribution in [0.3, 0.4) is 0 Å². The molecule has 2 heterocycles. The van der Waals surface area contributed by atoms with Crippen molar-refractivity contribution >= 4 is 44.7 Å². The number of thioether (sulfide) groups is 1. The number of aromatic nitrogens is 1. The van der Waals surface area contributed by atoms with E-state index in [0.717, 1.165) is 17.8 Å². The van der Waals surface area contributed by atoms with Crippen LogP contribution in [-0.2, 0) is 14.8 Å². The molecule has 2 aromatic carbocycles. The normalized spacial score (nSPS) is 14.7. The summed E-state index contributed by atoms with van der Waals surface area (Å²) in [7, 11) is -2.24. The third-order valence-corrected chi connectivity index (χ3v) is 9.52. The van der Waals surface area contributed by atoms with Gasteiger partial charge in [-0.2, -0.15) is 0 Å². The second-order valence-corrected chi connectivity index (χ2v) is 11.7. The minimum atomic E-state index is -3.60. The number of benzene rings is 2. The number of nitro groups is 1. The minimum absolute atomic E-state index is 0.0337. The summed E-state index contributed by atoms with van der Waals surface area (Å²) >= 11 is 2.71. The number of hydrogen-bond acceptors (Lipinski definition) is 8. The monoisotopic (exact) mass is 532 g/mol. The summed E-state index contributed by atoms with van der Waals surface area (Å²) in [4.78, 5) is 30.9. The molecule has 12 heteroatoms. The number of nitro benzene ring substituents is 1. The first-order valence-electron chi connectivity index (χ1n) is 10.9. The lowest BCUT2D eigenvalue weighted by molar-refractivity contribution is -0.384. The van der Waals surface area contributed by atoms with Crippen molar-refractivity contribution in [1.82, 2.24) is 14.6 Å². The maximum Gasteiger partial charge on any atom is 0.278 e. The molecule has 4 rings (SSSR count). The molecule has 0 bridgehead atoms. The molecule has 0 spiro atoms. The number of piperidine rings is 1. The molecule has 1 amide bonds.